The van der Waals surface area contributed by atoms with Gasteiger partial charge in [0, 0.05) is 6.42 Å². The van der Waals surface area contributed by atoms with E-state index in [-0.39, 0.29) is 5.91 Å². The Balaban J connectivity index is 2.51. The second-order valence-electron chi connectivity index (χ2n) is 3.74. The molecule has 2 nitrogen and oxygen atoms in total. The fraction of sp³-hybridized carbons (Fsp3) is 0.417. The minimum absolute atomic E-state index is 0.214. The summed E-state index contributed by atoms with van der Waals surface area (Å²) < 4.78 is 0. The number of hydrogen-bond acceptors (Lipinski definition) is 1. The normalized spacial score (nSPS) is 10.1. The van der Waals surface area contributed by atoms with Crippen LogP contribution in [0, 0.1) is 13.8 Å². The summed E-state index contributed by atoms with van der Waals surface area (Å²) in [4.78, 5) is 10.5. The van der Waals surface area contributed by atoms with Crippen molar-refractivity contribution in [2.24, 2.45) is 5.73 Å². The lowest BCUT2D eigenvalue weighted by atomic mass is 10.0. The maximum absolute atomic E-state index is 10.5. The van der Waals surface area contributed by atoms with Crippen molar-refractivity contribution in [3.63, 3.8) is 0 Å². The summed E-state index contributed by atoms with van der Waals surface area (Å²) in [6.07, 6.45) is 2.26. The highest BCUT2D eigenvalue weighted by Gasteiger charge is 1.98. The van der Waals surface area contributed by atoms with Crippen LogP contribution in [0.15, 0.2) is 18.2 Å². The Bertz CT molecular complexity index is 331. The number of carbonyl (C=O) groups is 1. The number of rotatable bonds is 4. The molecule has 1 amide bonds. The Morgan fingerprint density at radius 2 is 2.00 bits per heavy atom. The third-order valence-corrected chi connectivity index (χ3v) is 2.46. The summed E-state index contributed by atoms with van der Waals surface area (Å²) in [5.41, 5.74) is 8.97. The zero-order chi connectivity index (χ0) is 10.6. The summed E-state index contributed by atoms with van der Waals surface area (Å²) in [6.45, 7) is 4.20. The van der Waals surface area contributed by atoms with Crippen molar-refractivity contribution in [3.05, 3.63) is 34.9 Å². The molecule has 14 heavy (non-hydrogen) atoms. The second-order valence-corrected chi connectivity index (χ2v) is 3.74. The van der Waals surface area contributed by atoms with E-state index in [2.05, 4.69) is 32.0 Å². The van der Waals surface area contributed by atoms with Gasteiger partial charge >= 0.3 is 0 Å². The first-order chi connectivity index (χ1) is 6.59. The summed E-state index contributed by atoms with van der Waals surface area (Å²) in [5.74, 6) is -0.214. The Hall–Kier alpha value is -1.31. The highest BCUT2D eigenvalue weighted by atomic mass is 16.1. The molecule has 1 rings (SSSR count). The fourth-order valence-corrected chi connectivity index (χ4v) is 1.43. The van der Waals surface area contributed by atoms with Crippen LogP contribution in [0.5, 0.6) is 0 Å². The molecule has 0 saturated heterocycles. The predicted molar refractivity (Wildman–Crippen MR) is 58.0 cm³/mol. The van der Waals surface area contributed by atoms with Crippen molar-refractivity contribution in [3.8, 4) is 0 Å². The molecule has 76 valence electrons. The molecule has 0 fully saturated rings. The van der Waals surface area contributed by atoms with E-state index >= 15 is 0 Å². The molecule has 2 heteroatoms. The molecule has 0 bridgehead atoms. The number of amides is 1. The van der Waals surface area contributed by atoms with Crippen molar-refractivity contribution < 1.29 is 4.79 Å². The zero-order valence-electron chi connectivity index (χ0n) is 8.84. The second kappa shape index (κ2) is 4.80. The standard InChI is InChI=1S/C12H17NO/c1-9-6-7-11(8-10(9)2)4-3-5-12(13)14/h6-8H,3-5H2,1-2H3,(H2,13,14). The van der Waals surface area contributed by atoms with E-state index in [0.29, 0.717) is 6.42 Å². The molecule has 0 unspecified atom stereocenters. The lowest BCUT2D eigenvalue weighted by molar-refractivity contribution is -0.118. The minimum atomic E-state index is -0.214. The smallest absolute Gasteiger partial charge is 0.217 e. The van der Waals surface area contributed by atoms with E-state index in [4.69, 9.17) is 5.73 Å². The van der Waals surface area contributed by atoms with Crippen LogP contribution in [0.25, 0.3) is 0 Å². The van der Waals surface area contributed by atoms with Crippen molar-refractivity contribution in [1.29, 1.82) is 0 Å². The van der Waals surface area contributed by atoms with Crippen LogP contribution in [0.4, 0.5) is 0 Å². The molecule has 0 aliphatic rings. The van der Waals surface area contributed by atoms with Crippen LogP contribution in [0.1, 0.15) is 29.5 Å². The molecule has 0 heterocycles. The van der Waals surface area contributed by atoms with Crippen LogP contribution in [0.3, 0.4) is 0 Å². The van der Waals surface area contributed by atoms with E-state index in [1.54, 1.807) is 0 Å². The van der Waals surface area contributed by atoms with Crippen LogP contribution in [-0.2, 0) is 11.2 Å². The highest BCUT2D eigenvalue weighted by Crippen LogP contribution is 2.11. The zero-order valence-corrected chi connectivity index (χ0v) is 8.84. The number of benzene rings is 1. The molecule has 2 N–H and O–H groups in total. The number of nitrogens with two attached hydrogens (primary N) is 1. The first-order valence-electron chi connectivity index (χ1n) is 4.94. The van der Waals surface area contributed by atoms with Gasteiger partial charge in [-0.15, -0.1) is 0 Å². The predicted octanol–water partition coefficient (Wildman–Crippen LogP) is 2.11. The van der Waals surface area contributed by atoms with E-state index in [9.17, 15) is 4.79 Å². The van der Waals surface area contributed by atoms with Gasteiger partial charge in [-0.1, -0.05) is 18.2 Å². The van der Waals surface area contributed by atoms with Crippen LogP contribution in [0.2, 0.25) is 0 Å². The van der Waals surface area contributed by atoms with Gasteiger partial charge in [0.2, 0.25) is 5.91 Å². The Labute approximate surface area is 85.1 Å². The van der Waals surface area contributed by atoms with E-state index in [1.165, 1.54) is 16.7 Å². The van der Waals surface area contributed by atoms with Crippen molar-refractivity contribution in [1.82, 2.24) is 0 Å². The average molecular weight is 191 g/mol. The fourth-order valence-electron chi connectivity index (χ4n) is 1.43. The number of primary amides is 1. The Morgan fingerprint density at radius 3 is 2.57 bits per heavy atom. The lowest BCUT2D eigenvalue weighted by Gasteiger charge is -2.04. The van der Waals surface area contributed by atoms with E-state index < -0.39 is 0 Å². The van der Waals surface area contributed by atoms with Crippen LogP contribution >= 0.6 is 0 Å². The summed E-state index contributed by atoms with van der Waals surface area (Å²) in [6, 6.07) is 6.41. The average Bonchev–Trinajstić information content (AvgIpc) is 2.10. The Kier molecular flexibility index (Phi) is 3.69. The summed E-state index contributed by atoms with van der Waals surface area (Å²) >= 11 is 0. The molecule has 0 aromatic heterocycles. The number of aryl methyl sites for hydroxylation is 3. The SMILES string of the molecule is Cc1ccc(CCCC(N)=O)cc1C. The minimum Gasteiger partial charge on any atom is -0.370 e. The maximum atomic E-state index is 10.5. The summed E-state index contributed by atoms with van der Waals surface area (Å²) in [7, 11) is 0. The lowest BCUT2D eigenvalue weighted by Crippen LogP contribution is -2.10. The van der Waals surface area contributed by atoms with Crippen molar-refractivity contribution in [2.75, 3.05) is 0 Å². The molecule has 0 spiro atoms. The van der Waals surface area contributed by atoms with Gasteiger partial charge in [0.1, 0.15) is 0 Å². The molecule has 0 atom stereocenters. The van der Waals surface area contributed by atoms with Gasteiger partial charge in [0.05, 0.1) is 0 Å². The molecular weight excluding hydrogens is 174 g/mol. The molecule has 1 aromatic rings. The van der Waals surface area contributed by atoms with Crippen LogP contribution in [-0.4, -0.2) is 5.91 Å². The first-order valence-corrected chi connectivity index (χ1v) is 4.94. The molecular formula is C12H17NO. The topological polar surface area (TPSA) is 43.1 Å². The molecule has 0 radical (unpaired) electrons. The van der Waals surface area contributed by atoms with Crippen molar-refractivity contribution in [2.45, 2.75) is 33.1 Å². The highest BCUT2D eigenvalue weighted by molar-refractivity contribution is 5.73. The van der Waals surface area contributed by atoms with Crippen molar-refractivity contribution >= 4 is 5.91 Å². The van der Waals surface area contributed by atoms with Gasteiger partial charge in [-0.2, -0.15) is 0 Å². The third-order valence-electron chi connectivity index (χ3n) is 2.46. The van der Waals surface area contributed by atoms with Gasteiger partial charge in [-0.25, -0.2) is 0 Å². The molecule has 0 aliphatic heterocycles. The number of hydrogen-bond donors (Lipinski definition) is 1. The van der Waals surface area contributed by atoms with Gasteiger partial charge in [-0.3, -0.25) is 4.79 Å². The first kappa shape index (κ1) is 10.8. The molecule has 0 saturated carbocycles. The third kappa shape index (κ3) is 3.21. The van der Waals surface area contributed by atoms with Gasteiger partial charge in [0.15, 0.2) is 0 Å². The molecule has 0 aliphatic carbocycles. The quantitative estimate of drug-likeness (QED) is 0.778. The monoisotopic (exact) mass is 191 g/mol. The Morgan fingerprint density at radius 1 is 1.29 bits per heavy atom. The molecule has 1 aromatic carbocycles. The largest absolute Gasteiger partial charge is 0.370 e. The van der Waals surface area contributed by atoms with Gasteiger partial charge in [-0.05, 0) is 43.4 Å². The van der Waals surface area contributed by atoms with E-state index in [1.807, 2.05) is 0 Å². The van der Waals surface area contributed by atoms with Crippen LogP contribution < -0.4 is 5.73 Å². The summed E-state index contributed by atoms with van der Waals surface area (Å²) in [5, 5.41) is 0. The number of carbonyl (C=O) groups excluding carboxylic acids is 1. The van der Waals surface area contributed by atoms with Gasteiger partial charge < -0.3 is 5.73 Å². The van der Waals surface area contributed by atoms with Gasteiger partial charge in [0.25, 0.3) is 0 Å². The maximum Gasteiger partial charge on any atom is 0.217 e. The van der Waals surface area contributed by atoms with E-state index in [0.717, 1.165) is 12.8 Å².